The van der Waals surface area contributed by atoms with E-state index in [9.17, 15) is 9.65 Å². The topological polar surface area (TPSA) is 103 Å². The van der Waals surface area contributed by atoms with Crippen LogP contribution in [0.5, 0.6) is 0 Å². The summed E-state index contributed by atoms with van der Waals surface area (Å²) in [6, 6.07) is 13.9. The molecule has 2 aliphatic heterocycles. The van der Waals surface area contributed by atoms with Crippen molar-refractivity contribution in [2.45, 2.75) is 25.4 Å². The number of piperidine rings is 1. The lowest BCUT2D eigenvalue weighted by molar-refractivity contribution is 0.247. The molecule has 0 unspecified atom stereocenters. The third-order valence-electron chi connectivity index (χ3n) is 8.24. The lowest BCUT2D eigenvalue weighted by Crippen LogP contribution is -2.46. The van der Waals surface area contributed by atoms with Crippen molar-refractivity contribution in [3.63, 3.8) is 0 Å². The quantitative estimate of drug-likeness (QED) is 0.332. The van der Waals surface area contributed by atoms with Crippen molar-refractivity contribution < 1.29 is 4.39 Å². The van der Waals surface area contributed by atoms with Crippen LogP contribution in [0.25, 0.3) is 28.0 Å². The number of halogens is 1. The van der Waals surface area contributed by atoms with Gasteiger partial charge in [0.05, 0.1) is 41.7 Å². The number of fused-ring (bicyclic) bond motifs is 1. The molecule has 0 radical (unpaired) electrons. The van der Waals surface area contributed by atoms with Gasteiger partial charge in [-0.15, -0.1) is 0 Å². The summed E-state index contributed by atoms with van der Waals surface area (Å²) in [5, 5.41) is 22.3. The maximum atomic E-state index is 13.6. The fourth-order valence-electron chi connectivity index (χ4n) is 5.94. The summed E-state index contributed by atoms with van der Waals surface area (Å²) in [4.78, 5) is 14.0. The first kappa shape index (κ1) is 26.3. The molecule has 5 aromatic rings. The van der Waals surface area contributed by atoms with E-state index in [-0.39, 0.29) is 5.82 Å². The molecular weight excluding hydrogens is 531 g/mol. The van der Waals surface area contributed by atoms with Crippen molar-refractivity contribution in [2.75, 3.05) is 44.2 Å². The lowest BCUT2D eigenvalue weighted by Gasteiger charge is -2.36. The monoisotopic (exact) mass is 562 g/mol. The van der Waals surface area contributed by atoms with Crippen molar-refractivity contribution in [3.05, 3.63) is 84.5 Å². The standard InChI is InChI=1S/C31H31FN10/c32-25-5-10-35-26(15-25)20-39-11-13-40(14-12-39)27-3-1-22(2-4-27)30-31-23(16-33)17-37-42(31)21-29(38-30)24-18-36-41(19-24)28-6-8-34-9-7-28/h1-5,10,15,17-19,21,28,34H,6-9,11-14,20H2. The first-order chi connectivity index (χ1) is 20.6. The molecule has 2 saturated heterocycles. The van der Waals surface area contributed by atoms with Gasteiger partial charge in [-0.05, 0) is 50.2 Å². The highest BCUT2D eigenvalue weighted by Gasteiger charge is 2.21. The molecule has 4 aromatic heterocycles. The average Bonchev–Trinajstić information content (AvgIpc) is 3.70. The van der Waals surface area contributed by atoms with Crippen molar-refractivity contribution in [1.82, 2.24) is 39.6 Å². The average molecular weight is 563 g/mol. The van der Waals surface area contributed by atoms with Gasteiger partial charge < -0.3 is 10.2 Å². The second-order valence-corrected chi connectivity index (χ2v) is 10.9. The number of pyridine rings is 1. The molecule has 0 atom stereocenters. The molecule has 2 fully saturated rings. The number of nitrogens with zero attached hydrogens (tertiary/aromatic N) is 9. The van der Waals surface area contributed by atoms with Crippen LogP contribution in [0.2, 0.25) is 0 Å². The van der Waals surface area contributed by atoms with Gasteiger partial charge >= 0.3 is 0 Å². The van der Waals surface area contributed by atoms with E-state index in [1.165, 1.54) is 18.3 Å². The zero-order valence-electron chi connectivity index (χ0n) is 23.2. The molecule has 0 saturated carbocycles. The molecule has 0 bridgehead atoms. The summed E-state index contributed by atoms with van der Waals surface area (Å²) in [5.41, 5.74) is 6.39. The Morgan fingerprint density at radius 2 is 1.76 bits per heavy atom. The molecule has 1 N–H and O–H groups in total. The Morgan fingerprint density at radius 1 is 0.952 bits per heavy atom. The minimum Gasteiger partial charge on any atom is -0.369 e. The predicted octanol–water partition coefficient (Wildman–Crippen LogP) is 3.91. The molecular formula is C31H31FN10. The van der Waals surface area contributed by atoms with E-state index in [0.717, 1.165) is 86.0 Å². The predicted molar refractivity (Wildman–Crippen MR) is 157 cm³/mol. The molecule has 0 amide bonds. The number of anilines is 1. The summed E-state index contributed by atoms with van der Waals surface area (Å²) >= 11 is 0. The smallest absolute Gasteiger partial charge is 0.126 e. The van der Waals surface area contributed by atoms with E-state index in [0.29, 0.717) is 23.7 Å². The van der Waals surface area contributed by atoms with Crippen LogP contribution in [0, 0.1) is 17.1 Å². The second-order valence-electron chi connectivity index (χ2n) is 10.9. The second kappa shape index (κ2) is 11.3. The fourth-order valence-corrected chi connectivity index (χ4v) is 5.94. The Morgan fingerprint density at radius 3 is 2.52 bits per heavy atom. The Labute approximate surface area is 243 Å². The van der Waals surface area contributed by atoms with Gasteiger partial charge in [-0.25, -0.2) is 13.9 Å². The Bertz CT molecular complexity index is 1740. The number of hydrogen-bond acceptors (Lipinski definition) is 8. The zero-order chi connectivity index (χ0) is 28.5. The highest BCUT2D eigenvalue weighted by Crippen LogP contribution is 2.31. The number of aromatic nitrogens is 6. The van der Waals surface area contributed by atoms with E-state index >= 15 is 0 Å². The molecule has 2 aliphatic rings. The molecule has 11 heteroatoms. The van der Waals surface area contributed by atoms with Gasteiger partial charge in [-0.1, -0.05) is 12.1 Å². The van der Waals surface area contributed by atoms with Crippen LogP contribution in [0.15, 0.2) is 67.4 Å². The van der Waals surface area contributed by atoms with Gasteiger partial charge in [0.1, 0.15) is 23.0 Å². The number of hydrogen-bond donors (Lipinski definition) is 1. The molecule has 10 nitrogen and oxygen atoms in total. The number of piperazine rings is 1. The molecule has 42 heavy (non-hydrogen) atoms. The third-order valence-corrected chi connectivity index (χ3v) is 8.24. The first-order valence-corrected chi connectivity index (χ1v) is 14.4. The molecule has 6 heterocycles. The fraction of sp³-hybridized carbons (Fsp3) is 0.323. The number of benzene rings is 1. The van der Waals surface area contributed by atoms with Gasteiger partial charge in [-0.2, -0.15) is 15.5 Å². The van der Waals surface area contributed by atoms with Crippen molar-refractivity contribution >= 4 is 11.2 Å². The zero-order valence-corrected chi connectivity index (χ0v) is 23.2. The summed E-state index contributed by atoms with van der Waals surface area (Å²) in [6.45, 7) is 6.12. The van der Waals surface area contributed by atoms with Crippen LogP contribution >= 0.6 is 0 Å². The van der Waals surface area contributed by atoms with E-state index in [4.69, 9.17) is 4.98 Å². The van der Waals surface area contributed by atoms with E-state index in [1.807, 2.05) is 12.4 Å². The minimum atomic E-state index is -0.249. The van der Waals surface area contributed by atoms with Crippen LogP contribution in [-0.4, -0.2) is 73.5 Å². The van der Waals surface area contributed by atoms with Gasteiger partial charge in [-0.3, -0.25) is 14.6 Å². The maximum absolute atomic E-state index is 13.6. The maximum Gasteiger partial charge on any atom is 0.126 e. The van der Waals surface area contributed by atoms with Crippen molar-refractivity contribution in [1.29, 1.82) is 5.26 Å². The van der Waals surface area contributed by atoms with Crippen molar-refractivity contribution in [3.8, 4) is 28.6 Å². The normalized spacial score (nSPS) is 16.6. The van der Waals surface area contributed by atoms with E-state index in [2.05, 4.69) is 71.5 Å². The van der Waals surface area contributed by atoms with Gasteiger partial charge in [0.15, 0.2) is 0 Å². The largest absolute Gasteiger partial charge is 0.369 e. The van der Waals surface area contributed by atoms with Gasteiger partial charge in [0.25, 0.3) is 0 Å². The number of rotatable bonds is 6. The number of nitrogens with one attached hydrogen (secondary N) is 1. The number of nitriles is 1. The van der Waals surface area contributed by atoms with Gasteiger partial charge in [0, 0.05) is 61.9 Å². The summed E-state index contributed by atoms with van der Waals surface area (Å²) < 4.78 is 17.4. The van der Waals surface area contributed by atoms with E-state index in [1.54, 1.807) is 10.7 Å². The summed E-state index contributed by atoms with van der Waals surface area (Å²) in [7, 11) is 0. The molecule has 1 aromatic carbocycles. The highest BCUT2D eigenvalue weighted by molar-refractivity contribution is 5.83. The molecule has 7 rings (SSSR count). The van der Waals surface area contributed by atoms with Gasteiger partial charge in [0.2, 0.25) is 0 Å². The molecule has 212 valence electrons. The molecule has 0 aliphatic carbocycles. The Balaban J connectivity index is 1.12. The van der Waals surface area contributed by atoms with Crippen LogP contribution in [-0.2, 0) is 6.54 Å². The van der Waals surface area contributed by atoms with Crippen LogP contribution in [0.1, 0.15) is 30.1 Å². The Hall–Kier alpha value is -4.66. The van der Waals surface area contributed by atoms with Crippen LogP contribution in [0.3, 0.4) is 0 Å². The first-order valence-electron chi connectivity index (χ1n) is 14.4. The van der Waals surface area contributed by atoms with Crippen LogP contribution < -0.4 is 10.2 Å². The summed E-state index contributed by atoms with van der Waals surface area (Å²) in [6.07, 6.45) is 11.0. The Kier molecular flexibility index (Phi) is 7.07. The van der Waals surface area contributed by atoms with Crippen molar-refractivity contribution in [2.24, 2.45) is 0 Å². The highest BCUT2D eigenvalue weighted by atomic mass is 19.1. The van der Waals surface area contributed by atoms with E-state index < -0.39 is 0 Å². The lowest BCUT2D eigenvalue weighted by atomic mass is 10.1. The van der Waals surface area contributed by atoms with Crippen LogP contribution in [0.4, 0.5) is 10.1 Å². The summed E-state index contributed by atoms with van der Waals surface area (Å²) in [5.74, 6) is -0.249. The SMILES string of the molecule is N#Cc1cnn2cc(-c3cnn(C4CCNCC4)c3)nc(-c3ccc(N4CCN(Cc5cc(F)ccn5)CC4)cc3)c12. The third kappa shape index (κ3) is 5.22. The molecule has 0 spiro atoms. The minimum absolute atomic E-state index is 0.249.